The second-order valence-corrected chi connectivity index (χ2v) is 6.58. The fourth-order valence-electron chi connectivity index (χ4n) is 3.25. The monoisotopic (exact) mass is 387 g/mol. The molecule has 2 N–H and O–H groups in total. The zero-order valence-corrected chi connectivity index (χ0v) is 16.7. The first-order chi connectivity index (χ1) is 14.1. The number of ether oxygens (including phenoxy) is 2. The SMILES string of the molecule is CC/C(=C(\c1ccc(N)cc1)c1ccc(OCC(=O)OC)cc1)c1ccccc1. The molecule has 3 aromatic carbocycles. The fourth-order valence-corrected chi connectivity index (χ4v) is 3.25. The van der Waals surface area contributed by atoms with Crippen LogP contribution in [0.2, 0.25) is 0 Å². The zero-order valence-electron chi connectivity index (χ0n) is 16.7. The molecule has 148 valence electrons. The van der Waals surface area contributed by atoms with Gasteiger partial charge in [0.1, 0.15) is 5.75 Å². The maximum Gasteiger partial charge on any atom is 0.343 e. The Labute approximate surface area is 171 Å². The number of carbonyl (C=O) groups is 1. The second kappa shape index (κ2) is 9.60. The number of hydrogen-bond donors (Lipinski definition) is 1. The highest BCUT2D eigenvalue weighted by molar-refractivity contribution is 5.98. The van der Waals surface area contributed by atoms with Crippen molar-refractivity contribution in [2.45, 2.75) is 13.3 Å². The van der Waals surface area contributed by atoms with Crippen molar-refractivity contribution in [2.24, 2.45) is 0 Å². The second-order valence-electron chi connectivity index (χ2n) is 6.58. The van der Waals surface area contributed by atoms with E-state index in [9.17, 15) is 4.79 Å². The first-order valence-electron chi connectivity index (χ1n) is 9.57. The van der Waals surface area contributed by atoms with Crippen LogP contribution in [-0.4, -0.2) is 19.7 Å². The number of nitrogen functional groups attached to an aromatic ring is 1. The Balaban J connectivity index is 2.05. The predicted octanol–water partition coefficient (Wildman–Crippen LogP) is 5.19. The number of hydrogen-bond acceptors (Lipinski definition) is 4. The van der Waals surface area contributed by atoms with Crippen LogP contribution in [0.15, 0.2) is 78.9 Å². The Morgan fingerprint density at radius 1 is 0.828 bits per heavy atom. The van der Waals surface area contributed by atoms with E-state index in [4.69, 9.17) is 10.5 Å². The van der Waals surface area contributed by atoms with Gasteiger partial charge >= 0.3 is 5.97 Å². The molecule has 0 aliphatic carbocycles. The molecule has 0 spiro atoms. The van der Waals surface area contributed by atoms with Crippen molar-refractivity contribution < 1.29 is 14.3 Å². The smallest absolute Gasteiger partial charge is 0.343 e. The lowest BCUT2D eigenvalue weighted by Crippen LogP contribution is -2.12. The first kappa shape index (κ1) is 20.2. The molecule has 0 bridgehead atoms. The Morgan fingerprint density at radius 3 is 1.97 bits per heavy atom. The van der Waals surface area contributed by atoms with Crippen molar-refractivity contribution in [3.05, 3.63) is 95.6 Å². The van der Waals surface area contributed by atoms with Crippen molar-refractivity contribution in [1.82, 2.24) is 0 Å². The van der Waals surface area contributed by atoms with Crippen molar-refractivity contribution in [1.29, 1.82) is 0 Å². The van der Waals surface area contributed by atoms with Gasteiger partial charge in [-0.25, -0.2) is 4.79 Å². The minimum Gasteiger partial charge on any atom is -0.482 e. The van der Waals surface area contributed by atoms with E-state index < -0.39 is 5.97 Å². The van der Waals surface area contributed by atoms with Gasteiger partial charge in [-0.3, -0.25) is 0 Å². The van der Waals surface area contributed by atoms with Gasteiger partial charge in [0.25, 0.3) is 0 Å². The van der Waals surface area contributed by atoms with Crippen LogP contribution in [-0.2, 0) is 9.53 Å². The summed E-state index contributed by atoms with van der Waals surface area (Å²) in [6, 6.07) is 26.1. The molecule has 0 saturated carbocycles. The predicted molar refractivity (Wildman–Crippen MR) is 117 cm³/mol. The van der Waals surface area contributed by atoms with E-state index in [2.05, 4.69) is 35.9 Å². The first-order valence-corrected chi connectivity index (χ1v) is 9.57. The summed E-state index contributed by atoms with van der Waals surface area (Å²) >= 11 is 0. The molecule has 0 heterocycles. The molecular formula is C25H25NO3. The van der Waals surface area contributed by atoms with E-state index in [-0.39, 0.29) is 6.61 Å². The van der Waals surface area contributed by atoms with Crippen LogP contribution in [0.1, 0.15) is 30.0 Å². The molecule has 0 aliphatic rings. The number of esters is 1. The van der Waals surface area contributed by atoms with E-state index in [0.29, 0.717) is 5.75 Å². The number of allylic oxidation sites excluding steroid dienone is 1. The largest absolute Gasteiger partial charge is 0.482 e. The molecule has 0 aromatic heterocycles. The summed E-state index contributed by atoms with van der Waals surface area (Å²) < 4.78 is 10.1. The van der Waals surface area contributed by atoms with Gasteiger partial charge in [0.2, 0.25) is 0 Å². The molecular weight excluding hydrogens is 362 g/mol. The quantitative estimate of drug-likeness (QED) is 0.344. The minimum atomic E-state index is -0.408. The van der Waals surface area contributed by atoms with Gasteiger partial charge in [-0.05, 0) is 58.5 Å². The number of nitrogens with two attached hydrogens (primary N) is 1. The summed E-state index contributed by atoms with van der Waals surface area (Å²) in [7, 11) is 1.34. The van der Waals surface area contributed by atoms with E-state index >= 15 is 0 Å². The molecule has 29 heavy (non-hydrogen) atoms. The van der Waals surface area contributed by atoms with Crippen LogP contribution < -0.4 is 10.5 Å². The zero-order chi connectivity index (χ0) is 20.6. The minimum absolute atomic E-state index is 0.110. The van der Waals surface area contributed by atoms with Crippen molar-refractivity contribution in [2.75, 3.05) is 19.5 Å². The third-order valence-electron chi connectivity index (χ3n) is 4.70. The van der Waals surface area contributed by atoms with E-state index in [0.717, 1.165) is 28.8 Å². The number of methoxy groups -OCH3 is 1. The van der Waals surface area contributed by atoms with Crippen molar-refractivity contribution >= 4 is 22.8 Å². The third-order valence-corrected chi connectivity index (χ3v) is 4.70. The molecule has 4 heteroatoms. The molecule has 0 aliphatic heterocycles. The van der Waals surface area contributed by atoms with Crippen LogP contribution in [0, 0.1) is 0 Å². The number of benzene rings is 3. The average molecular weight is 387 g/mol. The van der Waals surface area contributed by atoms with Gasteiger partial charge < -0.3 is 15.2 Å². The van der Waals surface area contributed by atoms with Gasteiger partial charge in [0.05, 0.1) is 7.11 Å². The van der Waals surface area contributed by atoms with E-state index in [1.54, 1.807) is 0 Å². The van der Waals surface area contributed by atoms with Crippen molar-refractivity contribution in [3.8, 4) is 5.75 Å². The van der Waals surface area contributed by atoms with Crippen LogP contribution >= 0.6 is 0 Å². The van der Waals surface area contributed by atoms with E-state index in [1.165, 1.54) is 18.2 Å². The molecule has 0 fully saturated rings. The maximum absolute atomic E-state index is 11.3. The number of rotatable bonds is 7. The lowest BCUT2D eigenvalue weighted by molar-refractivity contribution is -0.142. The highest BCUT2D eigenvalue weighted by Crippen LogP contribution is 2.35. The summed E-state index contributed by atoms with van der Waals surface area (Å²) in [5.74, 6) is 0.211. The molecule has 0 radical (unpaired) electrons. The Hall–Kier alpha value is -3.53. The molecule has 0 unspecified atom stereocenters. The summed E-state index contributed by atoms with van der Waals surface area (Å²) in [5, 5.41) is 0. The van der Waals surface area contributed by atoms with Crippen LogP contribution in [0.5, 0.6) is 5.75 Å². The molecule has 4 nitrogen and oxygen atoms in total. The van der Waals surface area contributed by atoms with Crippen molar-refractivity contribution in [3.63, 3.8) is 0 Å². The molecule has 3 rings (SSSR count). The van der Waals surface area contributed by atoms with E-state index in [1.807, 2.05) is 54.6 Å². The number of anilines is 1. The van der Waals surface area contributed by atoms with Gasteiger partial charge in [-0.1, -0.05) is 61.5 Å². The summed E-state index contributed by atoms with van der Waals surface area (Å²) in [6.07, 6.45) is 0.879. The standard InChI is InChI=1S/C25H25NO3/c1-3-23(18-7-5-4-6-8-18)25(19-9-13-21(26)14-10-19)20-11-15-22(16-12-20)29-17-24(27)28-2/h4-16H,3,17,26H2,1-2H3/b25-23-. The maximum atomic E-state index is 11.3. The Kier molecular flexibility index (Phi) is 6.69. The lowest BCUT2D eigenvalue weighted by Gasteiger charge is -2.17. The molecule has 0 amide bonds. The molecule has 0 saturated heterocycles. The van der Waals surface area contributed by atoms with Crippen LogP contribution in [0.3, 0.4) is 0 Å². The average Bonchev–Trinajstić information content (AvgIpc) is 2.77. The topological polar surface area (TPSA) is 61.5 Å². The van der Waals surface area contributed by atoms with Gasteiger partial charge in [0, 0.05) is 5.69 Å². The normalized spacial score (nSPS) is 11.5. The van der Waals surface area contributed by atoms with Crippen LogP contribution in [0.25, 0.3) is 11.1 Å². The number of carbonyl (C=O) groups excluding carboxylic acids is 1. The summed E-state index contributed by atoms with van der Waals surface area (Å²) in [6.45, 7) is 2.05. The Morgan fingerprint density at radius 2 is 1.41 bits per heavy atom. The van der Waals surface area contributed by atoms with Gasteiger partial charge in [-0.2, -0.15) is 0 Å². The highest BCUT2D eigenvalue weighted by atomic mass is 16.6. The van der Waals surface area contributed by atoms with Gasteiger partial charge in [0.15, 0.2) is 6.61 Å². The van der Waals surface area contributed by atoms with Gasteiger partial charge in [-0.15, -0.1) is 0 Å². The lowest BCUT2D eigenvalue weighted by atomic mass is 9.88. The molecule has 0 atom stereocenters. The Bertz CT molecular complexity index is 975. The fraction of sp³-hybridized carbons (Fsp3) is 0.160. The van der Waals surface area contributed by atoms with Crippen LogP contribution in [0.4, 0.5) is 5.69 Å². The third kappa shape index (κ3) is 5.05. The molecule has 3 aromatic rings. The summed E-state index contributed by atoms with van der Waals surface area (Å²) in [4.78, 5) is 11.3. The summed E-state index contributed by atoms with van der Waals surface area (Å²) in [5.41, 5.74) is 12.4. The highest BCUT2D eigenvalue weighted by Gasteiger charge is 2.13.